The van der Waals surface area contributed by atoms with Crippen LogP contribution in [0.25, 0.3) is 0 Å². The predicted octanol–water partition coefficient (Wildman–Crippen LogP) is 1.10. The topological polar surface area (TPSA) is 58.4 Å². The fourth-order valence-corrected chi connectivity index (χ4v) is 2.24. The average molecular weight is 241 g/mol. The molecule has 0 saturated heterocycles. The molecule has 0 heterocycles. The van der Waals surface area contributed by atoms with Gasteiger partial charge >= 0.3 is 0 Å². The fraction of sp³-hybridized carbons (Fsp3) is 0.923. The molecule has 4 nitrogen and oxygen atoms in total. The summed E-state index contributed by atoms with van der Waals surface area (Å²) in [4.78, 5) is 14.3. The molecule has 3 N–H and O–H groups in total. The minimum absolute atomic E-state index is 0.0331. The number of amides is 1. The van der Waals surface area contributed by atoms with E-state index >= 15 is 0 Å². The molecule has 4 heteroatoms. The third-order valence-electron chi connectivity index (χ3n) is 3.47. The van der Waals surface area contributed by atoms with Gasteiger partial charge in [-0.15, -0.1) is 0 Å². The molecule has 1 amide bonds. The van der Waals surface area contributed by atoms with Crippen LogP contribution < -0.4 is 11.1 Å². The van der Waals surface area contributed by atoms with Crippen molar-refractivity contribution in [1.29, 1.82) is 0 Å². The van der Waals surface area contributed by atoms with Crippen molar-refractivity contribution >= 4 is 5.91 Å². The Labute approximate surface area is 105 Å². The lowest BCUT2D eigenvalue weighted by Crippen LogP contribution is -2.53. The number of nitrogens with one attached hydrogen (secondary N) is 1. The van der Waals surface area contributed by atoms with E-state index in [9.17, 15) is 4.79 Å². The summed E-state index contributed by atoms with van der Waals surface area (Å²) in [6.45, 7) is 7.64. The Morgan fingerprint density at radius 3 is 2.47 bits per heavy atom. The lowest BCUT2D eigenvalue weighted by Gasteiger charge is -2.41. The highest BCUT2D eigenvalue weighted by molar-refractivity contribution is 5.81. The molecular weight excluding hydrogens is 214 g/mol. The van der Waals surface area contributed by atoms with Gasteiger partial charge in [0.15, 0.2) is 0 Å². The SMILES string of the molecule is CC(C)NC(=O)C(C)N(CCCN)C1CCC1. The van der Waals surface area contributed by atoms with E-state index in [1.54, 1.807) is 0 Å². The zero-order chi connectivity index (χ0) is 12.8. The van der Waals surface area contributed by atoms with Crippen LogP contribution in [0.1, 0.15) is 46.5 Å². The van der Waals surface area contributed by atoms with E-state index in [-0.39, 0.29) is 18.0 Å². The highest BCUT2D eigenvalue weighted by atomic mass is 16.2. The van der Waals surface area contributed by atoms with Crippen molar-refractivity contribution in [1.82, 2.24) is 10.2 Å². The summed E-state index contributed by atoms with van der Waals surface area (Å²) in [6.07, 6.45) is 4.71. The Hall–Kier alpha value is -0.610. The summed E-state index contributed by atoms with van der Waals surface area (Å²) >= 11 is 0. The van der Waals surface area contributed by atoms with E-state index in [2.05, 4.69) is 10.2 Å². The number of nitrogens with zero attached hydrogens (tertiary/aromatic N) is 1. The third-order valence-corrected chi connectivity index (χ3v) is 3.47. The summed E-state index contributed by atoms with van der Waals surface area (Å²) in [5, 5.41) is 2.99. The summed E-state index contributed by atoms with van der Waals surface area (Å²) in [5.74, 6) is 0.143. The van der Waals surface area contributed by atoms with Gasteiger partial charge in [0.2, 0.25) is 5.91 Å². The third kappa shape index (κ3) is 4.28. The second kappa shape index (κ2) is 6.97. The molecule has 0 bridgehead atoms. The van der Waals surface area contributed by atoms with Crippen LogP contribution in [0.4, 0.5) is 0 Å². The average Bonchev–Trinajstić information content (AvgIpc) is 2.19. The zero-order valence-electron chi connectivity index (χ0n) is 11.4. The maximum atomic E-state index is 12.0. The summed E-state index contributed by atoms with van der Waals surface area (Å²) in [7, 11) is 0. The van der Waals surface area contributed by atoms with Crippen LogP contribution in [0.5, 0.6) is 0 Å². The second-order valence-electron chi connectivity index (χ2n) is 5.30. The van der Waals surface area contributed by atoms with Crippen LogP contribution in [0.2, 0.25) is 0 Å². The van der Waals surface area contributed by atoms with Crippen LogP contribution in [-0.4, -0.2) is 42.0 Å². The number of hydrogen-bond donors (Lipinski definition) is 2. The Balaban J connectivity index is 2.51. The van der Waals surface area contributed by atoms with Crippen LogP contribution in [-0.2, 0) is 4.79 Å². The normalized spacial score (nSPS) is 18.2. The number of carbonyl (C=O) groups is 1. The van der Waals surface area contributed by atoms with E-state index in [4.69, 9.17) is 5.73 Å². The molecule has 1 aliphatic rings. The maximum Gasteiger partial charge on any atom is 0.237 e. The Bertz CT molecular complexity index is 239. The molecule has 0 spiro atoms. The first-order valence-electron chi connectivity index (χ1n) is 6.82. The smallest absolute Gasteiger partial charge is 0.237 e. The molecule has 1 atom stereocenters. The van der Waals surface area contributed by atoms with Gasteiger partial charge in [-0.2, -0.15) is 0 Å². The van der Waals surface area contributed by atoms with Crippen molar-refractivity contribution < 1.29 is 4.79 Å². The van der Waals surface area contributed by atoms with Crippen molar-refractivity contribution in [3.63, 3.8) is 0 Å². The molecule has 0 aromatic carbocycles. The molecule has 100 valence electrons. The van der Waals surface area contributed by atoms with Crippen molar-refractivity contribution in [2.45, 2.75) is 64.6 Å². The maximum absolute atomic E-state index is 12.0. The van der Waals surface area contributed by atoms with Gasteiger partial charge in [0, 0.05) is 18.6 Å². The van der Waals surface area contributed by atoms with Gasteiger partial charge in [0.05, 0.1) is 6.04 Å². The summed E-state index contributed by atoms with van der Waals surface area (Å²) in [5.41, 5.74) is 5.57. The minimum Gasteiger partial charge on any atom is -0.353 e. The molecule has 0 aromatic heterocycles. The molecule has 1 saturated carbocycles. The molecule has 1 rings (SSSR count). The van der Waals surface area contributed by atoms with Crippen molar-refractivity contribution in [3.8, 4) is 0 Å². The Morgan fingerprint density at radius 1 is 1.41 bits per heavy atom. The van der Waals surface area contributed by atoms with Crippen LogP contribution >= 0.6 is 0 Å². The van der Waals surface area contributed by atoms with Gasteiger partial charge in [0.25, 0.3) is 0 Å². The standard InChI is InChI=1S/C13H27N3O/c1-10(2)15-13(17)11(3)16(9-5-8-14)12-6-4-7-12/h10-12H,4-9,14H2,1-3H3,(H,15,17). The van der Waals surface area contributed by atoms with Gasteiger partial charge < -0.3 is 11.1 Å². The van der Waals surface area contributed by atoms with Gasteiger partial charge in [0.1, 0.15) is 0 Å². The molecule has 1 unspecified atom stereocenters. The Kier molecular flexibility index (Phi) is 5.92. The van der Waals surface area contributed by atoms with E-state index in [1.807, 2.05) is 20.8 Å². The molecule has 1 aliphatic carbocycles. The lowest BCUT2D eigenvalue weighted by atomic mass is 9.90. The van der Waals surface area contributed by atoms with Crippen LogP contribution in [0, 0.1) is 0 Å². The Morgan fingerprint density at radius 2 is 2.06 bits per heavy atom. The van der Waals surface area contributed by atoms with Gasteiger partial charge in [-0.3, -0.25) is 9.69 Å². The van der Waals surface area contributed by atoms with Crippen LogP contribution in [0.15, 0.2) is 0 Å². The largest absolute Gasteiger partial charge is 0.353 e. The van der Waals surface area contributed by atoms with Crippen molar-refractivity contribution in [2.24, 2.45) is 5.73 Å². The minimum atomic E-state index is -0.0331. The number of nitrogens with two attached hydrogens (primary N) is 1. The first kappa shape index (κ1) is 14.5. The molecule has 1 fully saturated rings. The van der Waals surface area contributed by atoms with Crippen LogP contribution in [0.3, 0.4) is 0 Å². The first-order chi connectivity index (χ1) is 8.06. The molecular formula is C13H27N3O. The fourth-order valence-electron chi connectivity index (χ4n) is 2.24. The van der Waals surface area contributed by atoms with E-state index in [0.717, 1.165) is 13.0 Å². The summed E-state index contributed by atoms with van der Waals surface area (Å²) < 4.78 is 0. The number of carbonyl (C=O) groups excluding carboxylic acids is 1. The highest BCUT2D eigenvalue weighted by Crippen LogP contribution is 2.26. The monoisotopic (exact) mass is 241 g/mol. The van der Waals surface area contributed by atoms with Crippen molar-refractivity contribution in [3.05, 3.63) is 0 Å². The van der Waals surface area contributed by atoms with Gasteiger partial charge in [-0.25, -0.2) is 0 Å². The van der Waals surface area contributed by atoms with Crippen molar-refractivity contribution in [2.75, 3.05) is 13.1 Å². The molecule has 0 aromatic rings. The molecule has 0 radical (unpaired) electrons. The lowest BCUT2D eigenvalue weighted by molar-refractivity contribution is -0.128. The summed E-state index contributed by atoms with van der Waals surface area (Å²) in [6, 6.07) is 0.770. The number of rotatable bonds is 7. The quantitative estimate of drug-likeness (QED) is 0.702. The van der Waals surface area contributed by atoms with Gasteiger partial charge in [-0.05, 0) is 46.6 Å². The first-order valence-corrected chi connectivity index (χ1v) is 6.82. The van der Waals surface area contributed by atoms with Gasteiger partial charge in [-0.1, -0.05) is 6.42 Å². The van der Waals surface area contributed by atoms with E-state index in [1.165, 1.54) is 19.3 Å². The van der Waals surface area contributed by atoms with E-state index in [0.29, 0.717) is 12.6 Å². The highest BCUT2D eigenvalue weighted by Gasteiger charge is 2.31. The predicted molar refractivity (Wildman–Crippen MR) is 70.8 cm³/mol. The number of hydrogen-bond acceptors (Lipinski definition) is 3. The molecule has 17 heavy (non-hydrogen) atoms. The zero-order valence-corrected chi connectivity index (χ0v) is 11.4. The molecule has 0 aliphatic heterocycles. The van der Waals surface area contributed by atoms with E-state index < -0.39 is 0 Å². The second-order valence-corrected chi connectivity index (χ2v) is 5.30.